The summed E-state index contributed by atoms with van der Waals surface area (Å²) in [6.45, 7) is 3.14. The fourth-order valence-corrected chi connectivity index (χ4v) is 3.52. The highest BCUT2D eigenvalue weighted by atomic mass is 16.5. The molecule has 0 radical (unpaired) electrons. The summed E-state index contributed by atoms with van der Waals surface area (Å²) in [5, 5.41) is 0.858. The van der Waals surface area contributed by atoms with E-state index >= 15 is 0 Å². The molecular formula is C26H24N2O2. The van der Waals surface area contributed by atoms with Crippen molar-refractivity contribution >= 4 is 16.8 Å². The summed E-state index contributed by atoms with van der Waals surface area (Å²) < 4.78 is 5.54. The van der Waals surface area contributed by atoms with Crippen molar-refractivity contribution < 1.29 is 9.53 Å². The zero-order chi connectivity index (χ0) is 20.9. The monoisotopic (exact) mass is 396 g/mol. The number of benzene rings is 3. The van der Waals surface area contributed by atoms with Crippen LogP contribution >= 0.6 is 0 Å². The number of nitrogens with zero attached hydrogens (tertiary/aromatic N) is 2. The van der Waals surface area contributed by atoms with Crippen LogP contribution in [0.1, 0.15) is 22.8 Å². The summed E-state index contributed by atoms with van der Waals surface area (Å²) >= 11 is 0. The SMILES string of the molecule is CCOc1ccc(-c2cc(C(=O)N(C)Cc3ccccc3)c3ccccc3n2)cc1. The molecule has 1 heterocycles. The molecule has 0 aliphatic heterocycles. The van der Waals surface area contributed by atoms with Crippen molar-refractivity contribution in [2.45, 2.75) is 13.5 Å². The molecule has 150 valence electrons. The Morgan fingerprint density at radius 3 is 2.37 bits per heavy atom. The highest BCUT2D eigenvalue weighted by molar-refractivity contribution is 6.07. The third-order valence-electron chi connectivity index (χ3n) is 5.02. The molecule has 0 spiro atoms. The second-order valence-electron chi connectivity index (χ2n) is 7.18. The molecule has 0 unspecified atom stereocenters. The molecule has 4 heteroatoms. The van der Waals surface area contributed by atoms with Gasteiger partial charge in [0.1, 0.15) is 5.75 Å². The summed E-state index contributed by atoms with van der Waals surface area (Å²) in [5.41, 5.74) is 4.28. The predicted molar refractivity (Wildman–Crippen MR) is 121 cm³/mol. The van der Waals surface area contributed by atoms with E-state index < -0.39 is 0 Å². The number of carbonyl (C=O) groups excluding carboxylic acids is 1. The van der Waals surface area contributed by atoms with Gasteiger partial charge in [-0.05, 0) is 48.9 Å². The fourth-order valence-electron chi connectivity index (χ4n) is 3.52. The van der Waals surface area contributed by atoms with Gasteiger partial charge in [-0.25, -0.2) is 4.98 Å². The highest BCUT2D eigenvalue weighted by Crippen LogP contribution is 2.27. The molecule has 0 bridgehead atoms. The van der Waals surface area contributed by atoms with Crippen LogP contribution in [0.3, 0.4) is 0 Å². The average Bonchev–Trinajstić information content (AvgIpc) is 2.79. The molecule has 0 saturated heterocycles. The Kier molecular flexibility index (Phi) is 5.75. The Morgan fingerprint density at radius 2 is 1.63 bits per heavy atom. The Balaban J connectivity index is 1.72. The summed E-state index contributed by atoms with van der Waals surface area (Å²) in [4.78, 5) is 19.9. The number of fused-ring (bicyclic) bond motifs is 1. The first-order chi connectivity index (χ1) is 14.7. The fraction of sp³-hybridized carbons (Fsp3) is 0.154. The van der Waals surface area contributed by atoms with E-state index in [1.165, 1.54) is 0 Å². The normalized spacial score (nSPS) is 10.7. The lowest BCUT2D eigenvalue weighted by Crippen LogP contribution is -2.26. The van der Waals surface area contributed by atoms with Gasteiger partial charge < -0.3 is 9.64 Å². The molecule has 0 aliphatic rings. The first-order valence-corrected chi connectivity index (χ1v) is 10.1. The maximum Gasteiger partial charge on any atom is 0.254 e. The summed E-state index contributed by atoms with van der Waals surface area (Å²) in [5.74, 6) is 0.797. The topological polar surface area (TPSA) is 42.4 Å². The van der Waals surface area contributed by atoms with E-state index in [1.807, 2.05) is 98.9 Å². The zero-order valence-electron chi connectivity index (χ0n) is 17.2. The van der Waals surface area contributed by atoms with Gasteiger partial charge in [-0.3, -0.25) is 4.79 Å². The van der Waals surface area contributed by atoms with E-state index in [4.69, 9.17) is 9.72 Å². The van der Waals surface area contributed by atoms with Crippen LogP contribution in [0.2, 0.25) is 0 Å². The molecule has 1 aromatic heterocycles. The van der Waals surface area contributed by atoms with E-state index in [0.29, 0.717) is 18.7 Å². The van der Waals surface area contributed by atoms with Gasteiger partial charge in [0.05, 0.1) is 23.4 Å². The summed E-state index contributed by atoms with van der Waals surface area (Å²) in [6, 6.07) is 27.5. The van der Waals surface area contributed by atoms with Crippen molar-refractivity contribution in [1.82, 2.24) is 9.88 Å². The Labute approximate surface area is 176 Å². The molecule has 4 aromatic rings. The third-order valence-corrected chi connectivity index (χ3v) is 5.02. The van der Waals surface area contributed by atoms with Crippen molar-refractivity contribution in [2.75, 3.05) is 13.7 Å². The zero-order valence-corrected chi connectivity index (χ0v) is 17.2. The lowest BCUT2D eigenvalue weighted by molar-refractivity contribution is 0.0787. The number of carbonyl (C=O) groups is 1. The Hall–Kier alpha value is -3.66. The quantitative estimate of drug-likeness (QED) is 0.428. The van der Waals surface area contributed by atoms with Crippen LogP contribution < -0.4 is 4.74 Å². The van der Waals surface area contributed by atoms with E-state index in [0.717, 1.165) is 33.5 Å². The number of hydrogen-bond donors (Lipinski definition) is 0. The van der Waals surface area contributed by atoms with Gasteiger partial charge in [0.2, 0.25) is 0 Å². The van der Waals surface area contributed by atoms with Gasteiger partial charge in [-0.15, -0.1) is 0 Å². The molecular weight excluding hydrogens is 372 g/mol. The van der Waals surface area contributed by atoms with Gasteiger partial charge >= 0.3 is 0 Å². The summed E-state index contributed by atoms with van der Waals surface area (Å²) in [7, 11) is 1.83. The molecule has 30 heavy (non-hydrogen) atoms. The van der Waals surface area contributed by atoms with E-state index in [2.05, 4.69) is 0 Å². The smallest absolute Gasteiger partial charge is 0.254 e. The highest BCUT2D eigenvalue weighted by Gasteiger charge is 2.17. The number of amides is 1. The van der Waals surface area contributed by atoms with Crippen LogP contribution in [-0.2, 0) is 6.54 Å². The third kappa shape index (κ3) is 4.18. The average molecular weight is 396 g/mol. The predicted octanol–water partition coefficient (Wildman–Crippen LogP) is 5.57. The molecule has 0 N–H and O–H groups in total. The summed E-state index contributed by atoms with van der Waals surface area (Å²) in [6.07, 6.45) is 0. The number of aromatic nitrogens is 1. The minimum Gasteiger partial charge on any atom is -0.494 e. The lowest BCUT2D eigenvalue weighted by atomic mass is 10.0. The molecule has 1 amide bonds. The largest absolute Gasteiger partial charge is 0.494 e. The lowest BCUT2D eigenvalue weighted by Gasteiger charge is -2.19. The molecule has 4 rings (SSSR count). The van der Waals surface area contributed by atoms with Crippen molar-refractivity contribution in [3.63, 3.8) is 0 Å². The number of ether oxygens (including phenoxy) is 1. The molecule has 0 aliphatic carbocycles. The molecule has 4 nitrogen and oxygen atoms in total. The number of pyridine rings is 1. The van der Waals surface area contributed by atoms with Crippen LogP contribution in [0.25, 0.3) is 22.2 Å². The van der Waals surface area contributed by atoms with Gasteiger partial charge in [-0.1, -0.05) is 48.5 Å². The minimum absolute atomic E-state index is 0.0235. The first-order valence-electron chi connectivity index (χ1n) is 10.1. The standard InChI is InChI=1S/C26H24N2O2/c1-3-30-21-15-13-20(14-16-21)25-17-23(22-11-7-8-12-24(22)27-25)26(29)28(2)18-19-9-5-4-6-10-19/h4-17H,3,18H2,1-2H3. The number of rotatable bonds is 6. The van der Waals surface area contributed by atoms with Gasteiger partial charge in [0, 0.05) is 24.5 Å². The molecule has 0 atom stereocenters. The van der Waals surface area contributed by atoms with Crippen LogP contribution in [0, 0.1) is 0 Å². The Bertz CT molecular complexity index is 1150. The number of hydrogen-bond acceptors (Lipinski definition) is 3. The second-order valence-corrected chi connectivity index (χ2v) is 7.18. The maximum absolute atomic E-state index is 13.4. The Morgan fingerprint density at radius 1 is 0.933 bits per heavy atom. The van der Waals surface area contributed by atoms with Gasteiger partial charge in [0.25, 0.3) is 5.91 Å². The second kappa shape index (κ2) is 8.78. The molecule has 0 fully saturated rings. The molecule has 3 aromatic carbocycles. The van der Waals surface area contributed by atoms with Crippen LogP contribution in [0.4, 0.5) is 0 Å². The van der Waals surface area contributed by atoms with E-state index in [1.54, 1.807) is 4.90 Å². The van der Waals surface area contributed by atoms with Crippen molar-refractivity contribution in [2.24, 2.45) is 0 Å². The van der Waals surface area contributed by atoms with Crippen LogP contribution in [0.15, 0.2) is 84.9 Å². The van der Waals surface area contributed by atoms with Crippen LogP contribution in [0.5, 0.6) is 5.75 Å². The van der Waals surface area contributed by atoms with Crippen molar-refractivity contribution in [3.8, 4) is 17.0 Å². The number of para-hydroxylation sites is 1. The maximum atomic E-state index is 13.4. The van der Waals surface area contributed by atoms with E-state index in [9.17, 15) is 4.79 Å². The van der Waals surface area contributed by atoms with Crippen molar-refractivity contribution in [3.05, 3.63) is 96.1 Å². The van der Waals surface area contributed by atoms with Gasteiger partial charge in [0.15, 0.2) is 0 Å². The minimum atomic E-state index is -0.0235. The van der Waals surface area contributed by atoms with Crippen LogP contribution in [-0.4, -0.2) is 29.4 Å². The van der Waals surface area contributed by atoms with Gasteiger partial charge in [-0.2, -0.15) is 0 Å². The first kappa shape index (κ1) is 19.6. The molecule has 0 saturated carbocycles. The van der Waals surface area contributed by atoms with E-state index in [-0.39, 0.29) is 5.91 Å². The van der Waals surface area contributed by atoms with Crippen molar-refractivity contribution in [1.29, 1.82) is 0 Å².